The van der Waals surface area contributed by atoms with Gasteiger partial charge in [0.25, 0.3) is 0 Å². The first-order valence-corrected chi connectivity index (χ1v) is 8.44. The number of thiazole rings is 1. The van der Waals surface area contributed by atoms with Gasteiger partial charge < -0.3 is 10.6 Å². The van der Waals surface area contributed by atoms with Gasteiger partial charge in [0.1, 0.15) is 0 Å². The number of amides is 1. The van der Waals surface area contributed by atoms with Crippen molar-refractivity contribution >= 4 is 60.7 Å². The molecule has 1 fully saturated rings. The molecule has 5 nitrogen and oxygen atoms in total. The van der Waals surface area contributed by atoms with Gasteiger partial charge in [-0.25, -0.2) is 4.98 Å². The molecule has 0 aliphatic carbocycles. The number of nitrogens with one attached hydrogen (secondary N) is 2. The third-order valence-electron chi connectivity index (χ3n) is 4.26. The van der Waals surface area contributed by atoms with E-state index in [1.807, 2.05) is 29.6 Å². The molecule has 0 spiro atoms. The lowest BCUT2D eigenvalue weighted by Gasteiger charge is -2.17. The molecule has 3 heterocycles. The fraction of sp³-hybridized carbons (Fsp3) is 0.235. The number of benzene rings is 1. The Kier molecular flexibility index (Phi) is 6.83. The van der Waals surface area contributed by atoms with Crippen molar-refractivity contribution in [1.29, 1.82) is 0 Å². The van der Waals surface area contributed by atoms with Crippen LogP contribution in [0.5, 0.6) is 0 Å². The zero-order valence-electron chi connectivity index (χ0n) is 13.4. The standard InChI is InChI=1S/C17H16N4OS.2H2S/c22-16(13-9-19-10-14(13)17-20-6-7-23-17)21-15-3-1-2-11-8-18-5-4-12(11)15;;/h1-8,13-14,19H,9-10H2,(H,21,22);2*1H2/t13-,14-;;/m1../s1. The minimum Gasteiger partial charge on any atom is -0.325 e. The highest BCUT2D eigenvalue weighted by atomic mass is 32.1. The van der Waals surface area contributed by atoms with Crippen LogP contribution in [0, 0.1) is 5.92 Å². The maximum atomic E-state index is 12.8. The Balaban J connectivity index is 0.00000113. The van der Waals surface area contributed by atoms with E-state index in [0.717, 1.165) is 28.0 Å². The van der Waals surface area contributed by atoms with E-state index in [4.69, 9.17) is 0 Å². The first-order valence-electron chi connectivity index (χ1n) is 7.56. The summed E-state index contributed by atoms with van der Waals surface area (Å²) < 4.78 is 0. The second-order valence-electron chi connectivity index (χ2n) is 5.63. The third-order valence-corrected chi connectivity index (χ3v) is 5.17. The minimum absolute atomic E-state index is 0. The lowest BCUT2D eigenvalue weighted by atomic mass is 9.95. The molecule has 2 aromatic heterocycles. The molecular weight excluding hydrogens is 372 g/mol. The van der Waals surface area contributed by atoms with E-state index in [0.29, 0.717) is 6.54 Å². The fourth-order valence-corrected chi connectivity index (χ4v) is 3.89. The molecule has 0 bridgehead atoms. The molecule has 2 atom stereocenters. The molecular formula is C17H20N4OS3. The Morgan fingerprint density at radius 3 is 2.88 bits per heavy atom. The van der Waals surface area contributed by atoms with E-state index in [-0.39, 0.29) is 44.7 Å². The van der Waals surface area contributed by atoms with Crippen LogP contribution in [0.2, 0.25) is 0 Å². The molecule has 0 unspecified atom stereocenters. The lowest BCUT2D eigenvalue weighted by molar-refractivity contribution is -0.119. The quantitative estimate of drug-likeness (QED) is 0.719. The van der Waals surface area contributed by atoms with Gasteiger partial charge in [0.2, 0.25) is 5.91 Å². The molecule has 25 heavy (non-hydrogen) atoms. The maximum Gasteiger partial charge on any atom is 0.229 e. The molecule has 0 radical (unpaired) electrons. The van der Waals surface area contributed by atoms with Crippen molar-refractivity contribution in [3.05, 3.63) is 53.2 Å². The van der Waals surface area contributed by atoms with Crippen LogP contribution in [0.25, 0.3) is 10.8 Å². The maximum absolute atomic E-state index is 12.8. The zero-order valence-corrected chi connectivity index (χ0v) is 16.2. The first kappa shape index (κ1) is 19.7. The number of anilines is 1. The number of rotatable bonds is 3. The molecule has 2 N–H and O–H groups in total. The van der Waals surface area contributed by atoms with Crippen molar-refractivity contribution in [1.82, 2.24) is 15.3 Å². The van der Waals surface area contributed by atoms with Gasteiger partial charge in [0.15, 0.2) is 0 Å². The van der Waals surface area contributed by atoms with Gasteiger partial charge in [0.05, 0.1) is 10.9 Å². The van der Waals surface area contributed by atoms with Crippen LogP contribution >= 0.6 is 38.3 Å². The van der Waals surface area contributed by atoms with Gasteiger partial charge in [-0.15, -0.1) is 11.3 Å². The highest BCUT2D eigenvalue weighted by molar-refractivity contribution is 7.59. The normalized spacial score (nSPS) is 19.0. The van der Waals surface area contributed by atoms with E-state index in [1.54, 1.807) is 29.9 Å². The summed E-state index contributed by atoms with van der Waals surface area (Å²) in [6.45, 7) is 1.48. The number of hydrogen-bond donors (Lipinski definition) is 2. The summed E-state index contributed by atoms with van der Waals surface area (Å²) in [7, 11) is 0. The predicted molar refractivity (Wildman–Crippen MR) is 112 cm³/mol. The third kappa shape index (κ3) is 3.98. The summed E-state index contributed by atoms with van der Waals surface area (Å²) in [6.07, 6.45) is 5.35. The van der Waals surface area contributed by atoms with E-state index in [2.05, 4.69) is 20.6 Å². The number of carbonyl (C=O) groups is 1. The summed E-state index contributed by atoms with van der Waals surface area (Å²) in [4.78, 5) is 21.3. The minimum atomic E-state index is -0.0988. The van der Waals surface area contributed by atoms with Crippen molar-refractivity contribution in [2.45, 2.75) is 5.92 Å². The summed E-state index contributed by atoms with van der Waals surface area (Å²) in [5.41, 5.74) is 0.833. The molecule has 1 aromatic carbocycles. The van der Waals surface area contributed by atoms with Gasteiger partial charge in [-0.1, -0.05) is 12.1 Å². The fourth-order valence-electron chi connectivity index (χ4n) is 3.09. The second-order valence-corrected chi connectivity index (χ2v) is 6.56. The zero-order chi connectivity index (χ0) is 15.6. The van der Waals surface area contributed by atoms with Crippen molar-refractivity contribution in [3.8, 4) is 0 Å². The number of pyridine rings is 1. The van der Waals surface area contributed by atoms with Crippen molar-refractivity contribution in [2.24, 2.45) is 5.92 Å². The van der Waals surface area contributed by atoms with Crippen LogP contribution in [-0.4, -0.2) is 29.0 Å². The van der Waals surface area contributed by atoms with Crippen LogP contribution in [0.1, 0.15) is 10.9 Å². The van der Waals surface area contributed by atoms with E-state index in [1.165, 1.54) is 0 Å². The van der Waals surface area contributed by atoms with Gasteiger partial charge in [0, 0.05) is 59.4 Å². The Morgan fingerprint density at radius 1 is 1.20 bits per heavy atom. The van der Waals surface area contributed by atoms with Crippen molar-refractivity contribution in [2.75, 3.05) is 18.4 Å². The molecule has 1 saturated heterocycles. The van der Waals surface area contributed by atoms with E-state index >= 15 is 0 Å². The highest BCUT2D eigenvalue weighted by Gasteiger charge is 2.35. The average molecular weight is 393 g/mol. The van der Waals surface area contributed by atoms with Gasteiger partial charge >= 0.3 is 0 Å². The molecule has 1 amide bonds. The molecule has 1 aliphatic rings. The summed E-state index contributed by atoms with van der Waals surface area (Å²) in [5, 5.41) is 11.4. The van der Waals surface area contributed by atoms with Crippen molar-refractivity contribution in [3.63, 3.8) is 0 Å². The topological polar surface area (TPSA) is 66.9 Å². The Labute approximate surface area is 164 Å². The van der Waals surface area contributed by atoms with Crippen LogP contribution in [0.4, 0.5) is 5.69 Å². The largest absolute Gasteiger partial charge is 0.325 e. The monoisotopic (exact) mass is 392 g/mol. The predicted octanol–water partition coefficient (Wildman–Crippen LogP) is 2.86. The van der Waals surface area contributed by atoms with Crippen LogP contribution in [-0.2, 0) is 4.79 Å². The number of nitrogens with zero attached hydrogens (tertiary/aromatic N) is 2. The molecule has 8 heteroatoms. The number of carbonyl (C=O) groups excluding carboxylic acids is 1. The first-order chi connectivity index (χ1) is 11.3. The Morgan fingerprint density at radius 2 is 2.08 bits per heavy atom. The van der Waals surface area contributed by atoms with Gasteiger partial charge in [-0.3, -0.25) is 9.78 Å². The van der Waals surface area contributed by atoms with Gasteiger partial charge in [-0.2, -0.15) is 27.0 Å². The van der Waals surface area contributed by atoms with Crippen LogP contribution in [0.15, 0.2) is 48.2 Å². The summed E-state index contributed by atoms with van der Waals surface area (Å²) >= 11 is 1.61. The number of fused-ring (bicyclic) bond motifs is 1. The number of hydrogen-bond acceptors (Lipinski definition) is 5. The van der Waals surface area contributed by atoms with Crippen LogP contribution in [0.3, 0.4) is 0 Å². The molecule has 0 saturated carbocycles. The second kappa shape index (κ2) is 8.66. The average Bonchev–Trinajstić information content (AvgIpc) is 3.26. The summed E-state index contributed by atoms with van der Waals surface area (Å²) in [6, 6.07) is 7.79. The molecule has 1 aliphatic heterocycles. The smallest absolute Gasteiger partial charge is 0.229 e. The van der Waals surface area contributed by atoms with Crippen molar-refractivity contribution < 1.29 is 4.79 Å². The summed E-state index contributed by atoms with van der Waals surface area (Å²) in [5.74, 6) is 0.0874. The van der Waals surface area contributed by atoms with E-state index in [9.17, 15) is 4.79 Å². The number of aromatic nitrogens is 2. The lowest BCUT2D eigenvalue weighted by Crippen LogP contribution is -2.28. The Bertz CT molecular complexity index is 836. The highest BCUT2D eigenvalue weighted by Crippen LogP contribution is 2.31. The van der Waals surface area contributed by atoms with Gasteiger partial charge in [-0.05, 0) is 12.1 Å². The SMILES string of the molecule is O=C(Nc1cccc2cnccc12)[C@@H]1CNC[C@H]1c1nccs1.S.S. The molecule has 3 aromatic rings. The molecule has 132 valence electrons. The van der Waals surface area contributed by atoms with Crippen LogP contribution < -0.4 is 10.6 Å². The Hall–Kier alpha value is -1.61. The van der Waals surface area contributed by atoms with E-state index < -0.39 is 0 Å². The molecule has 4 rings (SSSR count).